The van der Waals surface area contributed by atoms with Crippen LogP contribution in [-0.2, 0) is 27.5 Å². The number of hydroxylamine groups is 1. The molecule has 0 fully saturated rings. The second-order valence-electron chi connectivity index (χ2n) is 7.03. The monoisotopic (exact) mass is 497 g/mol. The van der Waals surface area contributed by atoms with Crippen molar-refractivity contribution >= 4 is 40.3 Å². The van der Waals surface area contributed by atoms with E-state index in [1.807, 2.05) is 60.7 Å². The Morgan fingerprint density at radius 3 is 2.17 bits per heavy atom. The number of hydrogen-bond acceptors (Lipinski definition) is 8. The first-order chi connectivity index (χ1) is 17.0. The van der Waals surface area contributed by atoms with Gasteiger partial charge in [-0.05, 0) is 23.3 Å². The van der Waals surface area contributed by atoms with Crippen molar-refractivity contribution in [2.45, 2.75) is 13.2 Å². The molecule has 0 saturated heterocycles. The maximum atomic E-state index is 11.9. The lowest BCUT2D eigenvalue weighted by atomic mass is 10.2. The predicted molar refractivity (Wildman–Crippen MR) is 132 cm³/mol. The third kappa shape index (κ3) is 9.00. The van der Waals surface area contributed by atoms with Crippen molar-refractivity contribution in [1.82, 2.24) is 5.48 Å². The Balaban J connectivity index is 0.000000261. The van der Waals surface area contributed by atoms with Gasteiger partial charge >= 0.3 is 11.5 Å². The number of fused-ring (bicyclic) bond motifs is 1. The molecular weight excluding hydrogens is 474 g/mol. The SMILES string of the molecule is CONC1=Nc2ccc(NC(=O)OCc3ccccc3)cc2OC1.O=C(Cl)OCc1ccccc1. The van der Waals surface area contributed by atoms with Gasteiger partial charge in [0, 0.05) is 23.4 Å². The van der Waals surface area contributed by atoms with Gasteiger partial charge in [0.05, 0.1) is 7.11 Å². The van der Waals surface area contributed by atoms with Crippen LogP contribution in [0.5, 0.6) is 5.75 Å². The van der Waals surface area contributed by atoms with Crippen molar-refractivity contribution in [3.63, 3.8) is 0 Å². The van der Waals surface area contributed by atoms with Crippen LogP contribution in [0, 0.1) is 0 Å². The summed E-state index contributed by atoms with van der Waals surface area (Å²) in [6, 6.07) is 24.0. The fraction of sp³-hybridized carbons (Fsp3) is 0.160. The van der Waals surface area contributed by atoms with Gasteiger partial charge in [-0.15, -0.1) is 0 Å². The highest BCUT2D eigenvalue weighted by Gasteiger charge is 2.14. The Bertz CT molecular complexity index is 1140. The molecular formula is C25H24ClN3O6. The maximum absolute atomic E-state index is 11.9. The van der Waals surface area contributed by atoms with Gasteiger partial charge in [-0.1, -0.05) is 60.7 Å². The molecule has 0 bridgehead atoms. The molecule has 0 unspecified atom stereocenters. The van der Waals surface area contributed by atoms with Crippen LogP contribution in [0.1, 0.15) is 11.1 Å². The molecule has 0 saturated carbocycles. The molecule has 2 N–H and O–H groups in total. The van der Waals surface area contributed by atoms with Gasteiger partial charge in [-0.2, -0.15) is 0 Å². The maximum Gasteiger partial charge on any atom is 0.411 e. The molecule has 1 amide bonds. The Hall–Kier alpha value is -4.08. The summed E-state index contributed by atoms with van der Waals surface area (Å²) in [5.74, 6) is 1.16. The standard InChI is InChI=1S/C17H17N3O4.C8H7ClO2/c1-22-20-16-11-23-15-9-13(7-8-14(15)19-16)18-17(21)24-10-12-5-3-2-4-6-12;9-8(10)11-6-7-4-2-1-3-5-7/h2-9H,10-11H2,1H3,(H,18,21)(H,19,20);1-5H,6H2. The van der Waals surface area contributed by atoms with Crippen LogP contribution in [0.4, 0.5) is 21.0 Å². The zero-order valence-electron chi connectivity index (χ0n) is 18.9. The second kappa shape index (κ2) is 13.6. The summed E-state index contributed by atoms with van der Waals surface area (Å²) in [7, 11) is 1.51. The van der Waals surface area contributed by atoms with Crippen molar-refractivity contribution in [3.8, 4) is 5.75 Å². The van der Waals surface area contributed by atoms with Gasteiger partial charge in [-0.25, -0.2) is 14.6 Å². The number of nitrogens with one attached hydrogen (secondary N) is 2. The Kier molecular flexibility index (Phi) is 9.91. The molecule has 0 radical (unpaired) electrons. The number of amidine groups is 1. The summed E-state index contributed by atoms with van der Waals surface area (Å²) < 4.78 is 15.3. The van der Waals surface area contributed by atoms with Crippen molar-refractivity contribution in [2.24, 2.45) is 4.99 Å². The lowest BCUT2D eigenvalue weighted by Crippen LogP contribution is -2.29. The largest absolute Gasteiger partial charge is 0.483 e. The molecule has 4 rings (SSSR count). The molecule has 0 aromatic heterocycles. The lowest BCUT2D eigenvalue weighted by Gasteiger charge is -2.18. The highest BCUT2D eigenvalue weighted by molar-refractivity contribution is 6.61. The first kappa shape index (κ1) is 25.5. The first-order valence-corrected chi connectivity index (χ1v) is 10.9. The van der Waals surface area contributed by atoms with E-state index in [4.69, 9.17) is 25.9 Å². The van der Waals surface area contributed by atoms with Gasteiger partial charge in [0.25, 0.3) is 0 Å². The van der Waals surface area contributed by atoms with Crippen LogP contribution in [0.2, 0.25) is 0 Å². The van der Waals surface area contributed by atoms with Crippen molar-refractivity contribution < 1.29 is 28.6 Å². The molecule has 0 aliphatic carbocycles. The molecule has 0 spiro atoms. The molecule has 182 valence electrons. The number of amides is 1. The van der Waals surface area contributed by atoms with E-state index < -0.39 is 11.5 Å². The van der Waals surface area contributed by atoms with Crippen molar-refractivity contribution in [1.29, 1.82) is 0 Å². The molecule has 10 heteroatoms. The van der Waals surface area contributed by atoms with Crippen LogP contribution in [-0.4, -0.2) is 31.1 Å². The number of rotatable bonds is 6. The highest BCUT2D eigenvalue weighted by Crippen LogP contribution is 2.33. The van der Waals surface area contributed by atoms with Crippen molar-refractivity contribution in [3.05, 3.63) is 90.0 Å². The smallest absolute Gasteiger partial charge is 0.411 e. The Morgan fingerprint density at radius 1 is 0.943 bits per heavy atom. The van der Waals surface area contributed by atoms with Crippen LogP contribution in [0.3, 0.4) is 0 Å². The molecule has 3 aromatic rings. The van der Waals surface area contributed by atoms with Gasteiger partial charge in [0.15, 0.2) is 5.84 Å². The van der Waals surface area contributed by atoms with Crippen molar-refractivity contribution in [2.75, 3.05) is 19.0 Å². The van der Waals surface area contributed by atoms with E-state index in [1.165, 1.54) is 7.11 Å². The quantitative estimate of drug-likeness (QED) is 0.338. The average Bonchev–Trinajstić information content (AvgIpc) is 2.88. The summed E-state index contributed by atoms with van der Waals surface area (Å²) in [6.45, 7) is 0.719. The summed E-state index contributed by atoms with van der Waals surface area (Å²) in [4.78, 5) is 31.2. The number of ether oxygens (including phenoxy) is 3. The fourth-order valence-corrected chi connectivity index (χ4v) is 2.94. The van der Waals surface area contributed by atoms with E-state index in [9.17, 15) is 9.59 Å². The van der Waals surface area contributed by atoms with Crippen LogP contribution < -0.4 is 15.5 Å². The van der Waals surface area contributed by atoms with E-state index in [0.717, 1.165) is 11.1 Å². The molecule has 1 aliphatic heterocycles. The van der Waals surface area contributed by atoms with Gasteiger partial charge in [0.2, 0.25) is 0 Å². The number of hydrogen-bond donors (Lipinski definition) is 2. The minimum Gasteiger partial charge on any atom is -0.483 e. The topological polar surface area (TPSA) is 107 Å². The summed E-state index contributed by atoms with van der Waals surface area (Å²) in [5.41, 5.74) is 4.96. The van der Waals surface area contributed by atoms with E-state index in [1.54, 1.807) is 18.2 Å². The van der Waals surface area contributed by atoms with E-state index in [0.29, 0.717) is 23.0 Å². The van der Waals surface area contributed by atoms with E-state index in [-0.39, 0.29) is 19.8 Å². The Morgan fingerprint density at radius 2 is 1.57 bits per heavy atom. The zero-order valence-corrected chi connectivity index (χ0v) is 19.7. The van der Waals surface area contributed by atoms with Crippen LogP contribution in [0.15, 0.2) is 83.9 Å². The van der Waals surface area contributed by atoms with Crippen LogP contribution >= 0.6 is 11.6 Å². The number of halogens is 1. The zero-order chi connectivity index (χ0) is 24.9. The molecule has 3 aromatic carbocycles. The number of nitrogens with zero attached hydrogens (tertiary/aromatic N) is 1. The number of carbonyl (C=O) groups is 2. The molecule has 0 atom stereocenters. The third-order valence-electron chi connectivity index (χ3n) is 4.45. The third-order valence-corrected chi connectivity index (χ3v) is 4.56. The fourth-order valence-electron chi connectivity index (χ4n) is 2.89. The number of carbonyl (C=O) groups excluding carboxylic acids is 2. The predicted octanol–water partition coefficient (Wildman–Crippen LogP) is 5.57. The van der Waals surface area contributed by atoms with E-state index >= 15 is 0 Å². The van der Waals surface area contributed by atoms with Gasteiger partial charge in [0.1, 0.15) is 31.3 Å². The molecule has 9 nitrogen and oxygen atoms in total. The summed E-state index contributed by atoms with van der Waals surface area (Å²) in [5, 5.41) is 2.67. The lowest BCUT2D eigenvalue weighted by molar-refractivity contribution is 0.138. The van der Waals surface area contributed by atoms with Gasteiger partial charge < -0.3 is 14.2 Å². The van der Waals surface area contributed by atoms with Gasteiger partial charge in [-0.3, -0.25) is 15.6 Å². The number of anilines is 1. The number of aliphatic imine (C=N–C) groups is 1. The molecule has 35 heavy (non-hydrogen) atoms. The first-order valence-electron chi connectivity index (χ1n) is 10.5. The summed E-state index contributed by atoms with van der Waals surface area (Å²) in [6.07, 6.45) is -0.528. The Labute approximate surface area is 207 Å². The normalized spacial score (nSPS) is 11.4. The molecule has 1 heterocycles. The van der Waals surface area contributed by atoms with Crippen LogP contribution in [0.25, 0.3) is 0 Å². The minimum absolute atomic E-state index is 0.213. The molecule has 1 aliphatic rings. The number of benzene rings is 3. The highest BCUT2D eigenvalue weighted by atomic mass is 35.5. The minimum atomic E-state index is -0.770. The average molecular weight is 498 g/mol. The van der Waals surface area contributed by atoms with E-state index in [2.05, 4.69) is 20.5 Å². The summed E-state index contributed by atoms with van der Waals surface area (Å²) >= 11 is 4.97. The second-order valence-corrected chi connectivity index (χ2v) is 7.34.